The summed E-state index contributed by atoms with van der Waals surface area (Å²) in [7, 11) is 3.70. The number of fused-ring (bicyclic) bond motifs is 1. The minimum atomic E-state index is 0.108. The van der Waals surface area contributed by atoms with Gasteiger partial charge in [0.05, 0.1) is 6.54 Å². The second-order valence-electron chi connectivity index (χ2n) is 6.55. The monoisotopic (exact) mass is 425 g/mol. The van der Waals surface area contributed by atoms with E-state index >= 15 is 0 Å². The summed E-state index contributed by atoms with van der Waals surface area (Å²) in [5, 5.41) is 9.08. The van der Waals surface area contributed by atoms with Crippen molar-refractivity contribution < 1.29 is 0 Å². The summed E-state index contributed by atoms with van der Waals surface area (Å²) in [6, 6.07) is 7.97. The second kappa shape index (κ2) is 7.39. The third-order valence-corrected chi connectivity index (χ3v) is 5.00. The van der Waals surface area contributed by atoms with Crippen molar-refractivity contribution in [2.24, 2.45) is 14.1 Å². The predicted molar refractivity (Wildman–Crippen MR) is 113 cm³/mol. The van der Waals surface area contributed by atoms with Crippen molar-refractivity contribution in [1.29, 1.82) is 5.41 Å². The van der Waals surface area contributed by atoms with Gasteiger partial charge in [0.25, 0.3) is 0 Å². The Morgan fingerprint density at radius 3 is 2.41 bits per heavy atom. The first-order valence-electron chi connectivity index (χ1n) is 8.77. The zero-order chi connectivity index (χ0) is 20.7. The highest BCUT2D eigenvalue weighted by atomic mass is 35.5. The van der Waals surface area contributed by atoms with E-state index in [1.807, 2.05) is 35.9 Å². The van der Waals surface area contributed by atoms with Crippen LogP contribution in [0.15, 0.2) is 30.5 Å². The van der Waals surface area contributed by atoms with Crippen molar-refractivity contribution in [1.82, 2.24) is 28.7 Å². The normalized spacial score (nSPS) is 10.9. The number of nitrogens with zero attached hydrogens (tertiary/aromatic N) is 6. The van der Waals surface area contributed by atoms with Crippen LogP contribution in [0.2, 0.25) is 10.4 Å². The lowest BCUT2D eigenvalue weighted by Gasteiger charge is -2.07. The molecule has 0 unspecified atom stereocenters. The molecule has 0 atom stereocenters. The molecule has 4 aromatic rings. The number of aromatic nitrogens is 6. The second-order valence-corrected chi connectivity index (χ2v) is 7.28. The van der Waals surface area contributed by atoms with Crippen LogP contribution in [0.4, 0.5) is 0 Å². The van der Waals surface area contributed by atoms with Crippen LogP contribution in [0.1, 0.15) is 18.2 Å². The van der Waals surface area contributed by atoms with Crippen LogP contribution in [-0.4, -0.2) is 28.7 Å². The number of imidazole rings is 2. The van der Waals surface area contributed by atoms with Crippen LogP contribution < -0.4 is 5.62 Å². The average molecular weight is 426 g/mol. The average Bonchev–Trinajstić information content (AvgIpc) is 3.14. The van der Waals surface area contributed by atoms with Crippen LogP contribution in [0, 0.1) is 17.3 Å². The van der Waals surface area contributed by atoms with Gasteiger partial charge in [-0.25, -0.2) is 9.97 Å². The molecule has 7 nitrogen and oxygen atoms in total. The van der Waals surface area contributed by atoms with Gasteiger partial charge in [-0.2, -0.15) is 4.98 Å². The van der Waals surface area contributed by atoms with Crippen LogP contribution in [0.5, 0.6) is 0 Å². The van der Waals surface area contributed by atoms with Crippen LogP contribution in [0.3, 0.4) is 0 Å². The maximum Gasteiger partial charge on any atom is 0.225 e. The summed E-state index contributed by atoms with van der Waals surface area (Å²) < 4.78 is 5.39. The van der Waals surface area contributed by atoms with Crippen molar-refractivity contribution in [3.05, 3.63) is 57.8 Å². The molecule has 1 aromatic carbocycles. The highest BCUT2D eigenvalue weighted by molar-refractivity contribution is 6.29. The number of aryl methyl sites for hydroxylation is 2. The Labute approximate surface area is 177 Å². The molecule has 4 rings (SSSR count). The Morgan fingerprint density at radius 2 is 1.79 bits per heavy atom. The van der Waals surface area contributed by atoms with Crippen LogP contribution >= 0.6 is 23.2 Å². The molecule has 146 valence electrons. The summed E-state index contributed by atoms with van der Waals surface area (Å²) in [4.78, 5) is 12.9. The number of hydrogen-bond donors (Lipinski definition) is 1. The van der Waals surface area contributed by atoms with Gasteiger partial charge in [0, 0.05) is 25.9 Å². The quantitative estimate of drug-likeness (QED) is 0.403. The summed E-state index contributed by atoms with van der Waals surface area (Å²) in [5.74, 6) is 6.58. The minimum Gasteiger partial charge on any atom is -0.332 e. The SMILES string of the molecule is CC#Cc1nc(Cl)nc2c1n(C)c(=N)n2Cc1ccc(-c2nc(Cl)cn2C)cc1. The Kier molecular flexibility index (Phi) is 4.91. The third kappa shape index (κ3) is 3.41. The lowest BCUT2D eigenvalue weighted by Crippen LogP contribution is -2.23. The molecular weight excluding hydrogens is 409 g/mol. The summed E-state index contributed by atoms with van der Waals surface area (Å²) >= 11 is 12.1. The lowest BCUT2D eigenvalue weighted by molar-refractivity contribution is 0.691. The molecule has 0 amide bonds. The van der Waals surface area contributed by atoms with Gasteiger partial charge in [-0.05, 0) is 30.0 Å². The summed E-state index contributed by atoms with van der Waals surface area (Å²) in [6.45, 7) is 2.20. The van der Waals surface area contributed by atoms with Gasteiger partial charge < -0.3 is 9.13 Å². The first kappa shape index (κ1) is 19.2. The highest BCUT2D eigenvalue weighted by Gasteiger charge is 2.16. The predicted octanol–water partition coefficient (Wildman–Crippen LogP) is 3.38. The molecule has 0 aliphatic heterocycles. The number of hydrogen-bond acceptors (Lipinski definition) is 4. The van der Waals surface area contributed by atoms with E-state index in [0.717, 1.165) is 17.0 Å². The molecule has 0 radical (unpaired) electrons. The topological polar surface area (TPSA) is 77.3 Å². The van der Waals surface area contributed by atoms with Crippen molar-refractivity contribution >= 4 is 34.4 Å². The van der Waals surface area contributed by atoms with Gasteiger partial charge in [-0.1, -0.05) is 41.8 Å². The smallest absolute Gasteiger partial charge is 0.225 e. The van der Waals surface area contributed by atoms with E-state index in [4.69, 9.17) is 28.6 Å². The minimum absolute atomic E-state index is 0.108. The van der Waals surface area contributed by atoms with Crippen LogP contribution in [0.25, 0.3) is 22.6 Å². The fourth-order valence-corrected chi connectivity index (χ4v) is 3.69. The fourth-order valence-electron chi connectivity index (χ4n) is 3.30. The zero-order valence-corrected chi connectivity index (χ0v) is 17.5. The molecule has 0 bridgehead atoms. The number of rotatable bonds is 3. The zero-order valence-electron chi connectivity index (χ0n) is 16.0. The highest BCUT2D eigenvalue weighted by Crippen LogP contribution is 2.22. The van der Waals surface area contributed by atoms with Gasteiger partial charge in [0.1, 0.15) is 22.2 Å². The largest absolute Gasteiger partial charge is 0.332 e. The maximum atomic E-state index is 8.52. The molecule has 9 heteroatoms. The fraction of sp³-hybridized carbons (Fsp3) is 0.200. The van der Waals surface area contributed by atoms with E-state index in [9.17, 15) is 0 Å². The molecule has 0 aliphatic carbocycles. The Balaban J connectivity index is 1.76. The molecule has 0 aliphatic rings. The number of halogens is 2. The molecule has 0 saturated carbocycles. The van der Waals surface area contributed by atoms with Crippen molar-refractivity contribution in [2.75, 3.05) is 0 Å². The van der Waals surface area contributed by atoms with Gasteiger partial charge in [-0.15, -0.1) is 0 Å². The van der Waals surface area contributed by atoms with Crippen LogP contribution in [-0.2, 0) is 20.6 Å². The molecule has 3 heterocycles. The first-order chi connectivity index (χ1) is 13.9. The molecule has 0 spiro atoms. The maximum absolute atomic E-state index is 8.52. The van der Waals surface area contributed by atoms with E-state index in [1.54, 1.807) is 29.3 Å². The van der Waals surface area contributed by atoms with Gasteiger partial charge in [-0.3, -0.25) is 9.98 Å². The Bertz CT molecular complexity index is 1350. The number of benzene rings is 1. The molecule has 0 fully saturated rings. The van der Waals surface area contributed by atoms with Crippen molar-refractivity contribution in [3.63, 3.8) is 0 Å². The first-order valence-corrected chi connectivity index (χ1v) is 9.53. The molecular formula is C20H17Cl2N7. The van der Waals surface area contributed by atoms with E-state index in [2.05, 4.69) is 26.8 Å². The van der Waals surface area contributed by atoms with E-state index in [1.165, 1.54) is 0 Å². The van der Waals surface area contributed by atoms with Crippen molar-refractivity contribution in [2.45, 2.75) is 13.5 Å². The summed E-state index contributed by atoms with van der Waals surface area (Å²) in [6.07, 6.45) is 1.77. The molecule has 3 aromatic heterocycles. The van der Waals surface area contributed by atoms with Crippen molar-refractivity contribution in [3.8, 4) is 23.2 Å². The third-order valence-electron chi connectivity index (χ3n) is 4.65. The molecule has 0 saturated heterocycles. The molecule has 1 N–H and O–H groups in total. The standard InChI is InChI=1S/C20H17Cl2N7/c1-4-5-14-16-18(26-19(22)24-14)29(20(23)28(16)3)10-12-6-8-13(9-7-12)17-25-15(21)11-27(17)2/h6-9,11,23H,10H2,1-3H3. The number of nitrogens with one attached hydrogen (secondary N) is 1. The summed E-state index contributed by atoms with van der Waals surface area (Å²) in [5.41, 5.74) is 4.04. The van der Waals surface area contributed by atoms with Gasteiger partial charge >= 0.3 is 0 Å². The van der Waals surface area contributed by atoms with E-state index in [0.29, 0.717) is 28.6 Å². The van der Waals surface area contributed by atoms with Gasteiger partial charge in [0.2, 0.25) is 10.9 Å². The van der Waals surface area contributed by atoms with Gasteiger partial charge in [0.15, 0.2) is 5.65 Å². The van der Waals surface area contributed by atoms with E-state index < -0.39 is 0 Å². The Hall–Kier alpha value is -3.08. The van der Waals surface area contributed by atoms with E-state index in [-0.39, 0.29) is 10.9 Å². The Morgan fingerprint density at radius 1 is 1.07 bits per heavy atom. The lowest BCUT2D eigenvalue weighted by atomic mass is 10.1. The molecule has 29 heavy (non-hydrogen) atoms.